The highest BCUT2D eigenvalue weighted by Gasteiger charge is 2.23. The Balaban J connectivity index is 2.07. The molecule has 3 N–H and O–H groups in total. The Hall–Kier alpha value is -1.45. The predicted octanol–water partition coefficient (Wildman–Crippen LogP) is 3.41. The lowest BCUT2D eigenvalue weighted by atomic mass is 10.1. The van der Waals surface area contributed by atoms with E-state index >= 15 is 0 Å². The minimum Gasteiger partial charge on any atom is -0.491 e. The van der Waals surface area contributed by atoms with Gasteiger partial charge in [0.2, 0.25) is 0 Å². The van der Waals surface area contributed by atoms with Gasteiger partial charge >= 0.3 is 0 Å². The van der Waals surface area contributed by atoms with Crippen LogP contribution in [0.5, 0.6) is 5.75 Å². The van der Waals surface area contributed by atoms with E-state index in [0.717, 1.165) is 18.0 Å². The molecule has 2 rings (SSSR count). The van der Waals surface area contributed by atoms with E-state index in [2.05, 4.69) is 12.2 Å². The van der Waals surface area contributed by atoms with Crippen molar-refractivity contribution in [1.82, 2.24) is 0 Å². The van der Waals surface area contributed by atoms with Gasteiger partial charge in [0.15, 0.2) is 11.6 Å². The fourth-order valence-corrected chi connectivity index (χ4v) is 2.14. The lowest BCUT2D eigenvalue weighted by molar-refractivity contribution is 0.322. The fraction of sp³-hybridized carbons (Fsp3) is 0.571. The highest BCUT2D eigenvalue weighted by atomic mass is 19.1. The van der Waals surface area contributed by atoms with Crippen molar-refractivity contribution < 1.29 is 9.13 Å². The molecule has 1 fully saturated rings. The van der Waals surface area contributed by atoms with Crippen molar-refractivity contribution in [3.63, 3.8) is 0 Å². The van der Waals surface area contributed by atoms with Crippen LogP contribution in [0.3, 0.4) is 0 Å². The number of halogens is 1. The van der Waals surface area contributed by atoms with Gasteiger partial charge in [-0.2, -0.15) is 0 Å². The first kappa shape index (κ1) is 13.0. The summed E-state index contributed by atoms with van der Waals surface area (Å²) < 4.78 is 18.8. The Morgan fingerprint density at radius 3 is 2.83 bits per heavy atom. The first-order valence-corrected chi connectivity index (χ1v) is 6.58. The third-order valence-corrected chi connectivity index (χ3v) is 3.19. The van der Waals surface area contributed by atoms with Crippen molar-refractivity contribution in [2.24, 2.45) is 5.92 Å². The minimum atomic E-state index is -0.408. The molecule has 1 aliphatic carbocycles. The molecule has 3 nitrogen and oxygen atoms in total. The van der Waals surface area contributed by atoms with Crippen molar-refractivity contribution in [3.8, 4) is 5.75 Å². The topological polar surface area (TPSA) is 47.3 Å². The number of hydrogen-bond acceptors (Lipinski definition) is 3. The summed E-state index contributed by atoms with van der Waals surface area (Å²) in [6.07, 6.45) is 3.80. The van der Waals surface area contributed by atoms with Crippen LogP contribution < -0.4 is 15.8 Å². The van der Waals surface area contributed by atoms with Gasteiger partial charge in [0.05, 0.1) is 18.0 Å². The standard InChI is InChI=1S/C14H21FN2O/c1-3-18-14-8-13(12(16)7-11(14)15)17-9(2)6-10-4-5-10/h7-10,17H,3-6,16H2,1-2H3. The van der Waals surface area contributed by atoms with Crippen LogP contribution in [0.4, 0.5) is 15.8 Å². The van der Waals surface area contributed by atoms with Gasteiger partial charge in [-0.3, -0.25) is 0 Å². The molecule has 0 saturated heterocycles. The number of nitrogen functional groups attached to an aromatic ring is 1. The molecule has 1 aromatic rings. The summed E-state index contributed by atoms with van der Waals surface area (Å²) in [5.41, 5.74) is 7.01. The first-order valence-electron chi connectivity index (χ1n) is 6.58. The highest BCUT2D eigenvalue weighted by molar-refractivity contribution is 5.68. The number of benzene rings is 1. The van der Waals surface area contributed by atoms with Crippen molar-refractivity contribution >= 4 is 11.4 Å². The Morgan fingerprint density at radius 1 is 1.50 bits per heavy atom. The zero-order valence-corrected chi connectivity index (χ0v) is 11.0. The quantitative estimate of drug-likeness (QED) is 0.763. The van der Waals surface area contributed by atoms with Gasteiger partial charge in [0, 0.05) is 18.2 Å². The van der Waals surface area contributed by atoms with E-state index in [1.54, 1.807) is 6.07 Å². The highest BCUT2D eigenvalue weighted by Crippen LogP contribution is 2.35. The second kappa shape index (κ2) is 5.46. The predicted molar refractivity (Wildman–Crippen MR) is 72.4 cm³/mol. The van der Waals surface area contributed by atoms with E-state index < -0.39 is 5.82 Å². The van der Waals surface area contributed by atoms with E-state index in [1.165, 1.54) is 18.9 Å². The molecule has 4 heteroatoms. The third kappa shape index (κ3) is 3.28. The summed E-state index contributed by atoms with van der Waals surface area (Å²) in [5.74, 6) is 0.697. The molecule has 1 saturated carbocycles. The number of nitrogens with two attached hydrogens (primary N) is 1. The van der Waals surface area contributed by atoms with Crippen molar-refractivity contribution in [2.45, 2.75) is 39.2 Å². The molecule has 1 unspecified atom stereocenters. The van der Waals surface area contributed by atoms with Gasteiger partial charge in [0.25, 0.3) is 0 Å². The van der Waals surface area contributed by atoms with Gasteiger partial charge in [-0.25, -0.2) is 4.39 Å². The zero-order valence-electron chi connectivity index (χ0n) is 11.0. The van der Waals surface area contributed by atoms with Crippen LogP contribution in [-0.4, -0.2) is 12.6 Å². The minimum absolute atomic E-state index is 0.257. The summed E-state index contributed by atoms with van der Waals surface area (Å²) in [4.78, 5) is 0. The molecule has 0 heterocycles. The average Bonchev–Trinajstić information content (AvgIpc) is 3.09. The molecule has 0 aliphatic heterocycles. The van der Waals surface area contributed by atoms with Crippen LogP contribution in [0, 0.1) is 11.7 Å². The molecule has 0 spiro atoms. The molecular weight excluding hydrogens is 231 g/mol. The van der Waals surface area contributed by atoms with Crippen LogP contribution in [0.15, 0.2) is 12.1 Å². The molecule has 100 valence electrons. The zero-order chi connectivity index (χ0) is 13.1. The van der Waals surface area contributed by atoms with E-state index in [0.29, 0.717) is 18.3 Å². The maximum atomic E-state index is 13.5. The van der Waals surface area contributed by atoms with Crippen LogP contribution in [0.1, 0.15) is 33.1 Å². The van der Waals surface area contributed by atoms with E-state index in [-0.39, 0.29) is 5.75 Å². The average molecular weight is 252 g/mol. The number of ether oxygens (including phenoxy) is 1. The van der Waals surface area contributed by atoms with E-state index in [1.807, 2.05) is 6.92 Å². The first-order chi connectivity index (χ1) is 8.60. The van der Waals surface area contributed by atoms with Gasteiger partial charge in [-0.15, -0.1) is 0 Å². The Kier molecular flexibility index (Phi) is 3.94. The Labute approximate surface area is 108 Å². The second-order valence-electron chi connectivity index (χ2n) is 5.03. The molecule has 0 radical (unpaired) electrons. The van der Waals surface area contributed by atoms with Crippen molar-refractivity contribution in [2.75, 3.05) is 17.7 Å². The van der Waals surface area contributed by atoms with E-state index in [9.17, 15) is 4.39 Å². The summed E-state index contributed by atoms with van der Waals surface area (Å²) in [7, 11) is 0. The van der Waals surface area contributed by atoms with Crippen LogP contribution in [0.2, 0.25) is 0 Å². The number of nitrogens with one attached hydrogen (secondary N) is 1. The Morgan fingerprint density at radius 2 is 2.22 bits per heavy atom. The molecule has 1 atom stereocenters. The molecule has 0 amide bonds. The van der Waals surface area contributed by atoms with Crippen LogP contribution in [0.25, 0.3) is 0 Å². The van der Waals surface area contributed by atoms with Gasteiger partial charge < -0.3 is 15.8 Å². The maximum absolute atomic E-state index is 13.5. The smallest absolute Gasteiger partial charge is 0.167 e. The lowest BCUT2D eigenvalue weighted by Gasteiger charge is -2.18. The van der Waals surface area contributed by atoms with Crippen molar-refractivity contribution in [3.05, 3.63) is 17.9 Å². The lowest BCUT2D eigenvalue weighted by Crippen LogP contribution is -2.17. The Bertz CT molecular complexity index is 419. The van der Waals surface area contributed by atoms with Crippen LogP contribution in [-0.2, 0) is 0 Å². The number of hydrogen-bond donors (Lipinski definition) is 2. The molecule has 0 bridgehead atoms. The second-order valence-corrected chi connectivity index (χ2v) is 5.03. The molecule has 18 heavy (non-hydrogen) atoms. The summed E-state index contributed by atoms with van der Waals surface area (Å²) >= 11 is 0. The SMILES string of the molecule is CCOc1cc(NC(C)CC2CC2)c(N)cc1F. The summed E-state index contributed by atoms with van der Waals surface area (Å²) in [5, 5.41) is 3.34. The van der Waals surface area contributed by atoms with E-state index in [4.69, 9.17) is 10.5 Å². The number of rotatable bonds is 6. The normalized spacial score (nSPS) is 16.4. The monoisotopic (exact) mass is 252 g/mol. The van der Waals surface area contributed by atoms with Crippen molar-refractivity contribution in [1.29, 1.82) is 0 Å². The van der Waals surface area contributed by atoms with Gasteiger partial charge in [-0.05, 0) is 26.2 Å². The van der Waals surface area contributed by atoms with Gasteiger partial charge in [0.1, 0.15) is 0 Å². The molecule has 1 aromatic carbocycles. The maximum Gasteiger partial charge on any atom is 0.167 e. The summed E-state index contributed by atoms with van der Waals surface area (Å²) in [6, 6.07) is 3.31. The third-order valence-electron chi connectivity index (χ3n) is 3.19. The largest absolute Gasteiger partial charge is 0.491 e. The van der Waals surface area contributed by atoms with Gasteiger partial charge in [-0.1, -0.05) is 12.8 Å². The number of anilines is 2. The molecular formula is C14H21FN2O. The fourth-order valence-electron chi connectivity index (χ4n) is 2.14. The van der Waals surface area contributed by atoms with Crippen LogP contribution >= 0.6 is 0 Å². The molecule has 0 aromatic heterocycles. The summed E-state index contributed by atoms with van der Waals surface area (Å²) in [6.45, 7) is 4.40. The molecule has 1 aliphatic rings.